The Morgan fingerprint density at radius 2 is 1.96 bits per heavy atom. The molecule has 6 heteroatoms. The second kappa shape index (κ2) is 8.53. The lowest BCUT2D eigenvalue weighted by molar-refractivity contribution is -0.143. The van der Waals surface area contributed by atoms with E-state index in [1.54, 1.807) is 4.90 Å². The van der Waals surface area contributed by atoms with Gasteiger partial charge in [-0.15, -0.1) is 0 Å². The van der Waals surface area contributed by atoms with Crippen LogP contribution in [0.5, 0.6) is 0 Å². The van der Waals surface area contributed by atoms with Gasteiger partial charge in [-0.3, -0.25) is 4.79 Å². The molecule has 2 rings (SSSR count). The number of rotatable bonds is 6. The SMILES string of the molecule is CCOC(CNC(=O)N1CCC(C(=O)O)CC1)c1ccccc1. The molecule has 0 radical (unpaired) electrons. The van der Waals surface area contributed by atoms with E-state index in [9.17, 15) is 9.59 Å². The van der Waals surface area contributed by atoms with Gasteiger partial charge < -0.3 is 20.1 Å². The van der Waals surface area contributed by atoms with Crippen molar-refractivity contribution in [2.24, 2.45) is 5.92 Å². The number of benzene rings is 1. The lowest BCUT2D eigenvalue weighted by atomic mass is 9.97. The first kappa shape index (κ1) is 17.3. The predicted molar refractivity (Wildman–Crippen MR) is 86.1 cm³/mol. The van der Waals surface area contributed by atoms with Gasteiger partial charge in [-0.2, -0.15) is 0 Å². The van der Waals surface area contributed by atoms with E-state index in [0.29, 0.717) is 39.1 Å². The minimum absolute atomic E-state index is 0.158. The quantitative estimate of drug-likeness (QED) is 0.843. The van der Waals surface area contributed by atoms with Crippen LogP contribution in [0, 0.1) is 5.92 Å². The summed E-state index contributed by atoms with van der Waals surface area (Å²) in [6, 6.07) is 9.63. The first-order valence-corrected chi connectivity index (χ1v) is 8.04. The zero-order valence-corrected chi connectivity index (χ0v) is 13.4. The molecular formula is C17H24N2O4. The smallest absolute Gasteiger partial charge is 0.317 e. The Kier molecular flexibility index (Phi) is 6.40. The second-order valence-corrected chi connectivity index (χ2v) is 5.64. The molecule has 2 amide bonds. The lowest BCUT2D eigenvalue weighted by Crippen LogP contribution is -2.46. The monoisotopic (exact) mass is 320 g/mol. The average Bonchev–Trinajstić information content (AvgIpc) is 2.59. The first-order chi connectivity index (χ1) is 11.1. The summed E-state index contributed by atoms with van der Waals surface area (Å²) < 4.78 is 5.70. The van der Waals surface area contributed by atoms with Crippen molar-refractivity contribution in [2.45, 2.75) is 25.9 Å². The van der Waals surface area contributed by atoms with Gasteiger partial charge in [-0.05, 0) is 25.3 Å². The third-order valence-corrected chi connectivity index (χ3v) is 4.11. The van der Waals surface area contributed by atoms with Gasteiger partial charge in [0.25, 0.3) is 0 Å². The number of carbonyl (C=O) groups excluding carboxylic acids is 1. The number of likely N-dealkylation sites (tertiary alicyclic amines) is 1. The average molecular weight is 320 g/mol. The molecule has 0 bridgehead atoms. The largest absolute Gasteiger partial charge is 0.481 e. The maximum atomic E-state index is 12.2. The number of hydrogen-bond donors (Lipinski definition) is 2. The van der Waals surface area contributed by atoms with Gasteiger partial charge in [0.15, 0.2) is 0 Å². The van der Waals surface area contributed by atoms with Gasteiger partial charge in [0.2, 0.25) is 0 Å². The third kappa shape index (κ3) is 4.96. The fourth-order valence-electron chi connectivity index (χ4n) is 2.76. The number of carboxylic acids is 1. The normalized spacial score (nSPS) is 16.8. The van der Waals surface area contributed by atoms with Crippen LogP contribution in [0.25, 0.3) is 0 Å². The van der Waals surface area contributed by atoms with E-state index in [-0.39, 0.29) is 18.1 Å². The molecule has 0 saturated carbocycles. The molecule has 1 atom stereocenters. The maximum absolute atomic E-state index is 12.2. The summed E-state index contributed by atoms with van der Waals surface area (Å²) in [6.45, 7) is 3.85. The Hall–Kier alpha value is -2.08. The van der Waals surface area contributed by atoms with Crippen LogP contribution in [-0.4, -0.2) is 48.2 Å². The Morgan fingerprint density at radius 3 is 2.52 bits per heavy atom. The van der Waals surface area contributed by atoms with Gasteiger partial charge in [0.1, 0.15) is 0 Å². The van der Waals surface area contributed by atoms with Gasteiger partial charge >= 0.3 is 12.0 Å². The summed E-state index contributed by atoms with van der Waals surface area (Å²) in [4.78, 5) is 24.8. The van der Waals surface area contributed by atoms with Crippen molar-refractivity contribution in [3.8, 4) is 0 Å². The molecule has 6 nitrogen and oxygen atoms in total. The molecule has 1 unspecified atom stereocenters. The molecule has 1 fully saturated rings. The number of amides is 2. The summed E-state index contributed by atoms with van der Waals surface area (Å²) >= 11 is 0. The van der Waals surface area contributed by atoms with Crippen LogP contribution in [0.4, 0.5) is 4.79 Å². The van der Waals surface area contributed by atoms with Crippen molar-refractivity contribution < 1.29 is 19.4 Å². The molecule has 1 aliphatic heterocycles. The molecule has 1 heterocycles. The van der Waals surface area contributed by atoms with E-state index in [0.717, 1.165) is 5.56 Å². The third-order valence-electron chi connectivity index (χ3n) is 4.11. The van der Waals surface area contributed by atoms with E-state index in [2.05, 4.69) is 5.32 Å². The van der Waals surface area contributed by atoms with Crippen molar-refractivity contribution in [2.75, 3.05) is 26.2 Å². The Morgan fingerprint density at radius 1 is 1.30 bits per heavy atom. The molecule has 23 heavy (non-hydrogen) atoms. The number of ether oxygens (including phenoxy) is 1. The highest BCUT2D eigenvalue weighted by Gasteiger charge is 2.27. The molecule has 2 N–H and O–H groups in total. The van der Waals surface area contributed by atoms with E-state index in [1.807, 2.05) is 37.3 Å². The Balaban J connectivity index is 1.84. The van der Waals surface area contributed by atoms with E-state index in [4.69, 9.17) is 9.84 Å². The first-order valence-electron chi connectivity index (χ1n) is 8.04. The zero-order chi connectivity index (χ0) is 16.7. The summed E-state index contributed by atoms with van der Waals surface area (Å²) in [5.41, 5.74) is 1.03. The van der Waals surface area contributed by atoms with E-state index in [1.165, 1.54) is 0 Å². The van der Waals surface area contributed by atoms with Crippen molar-refractivity contribution in [1.82, 2.24) is 10.2 Å². The summed E-state index contributed by atoms with van der Waals surface area (Å²) in [7, 11) is 0. The topological polar surface area (TPSA) is 78.9 Å². The van der Waals surface area contributed by atoms with E-state index < -0.39 is 5.97 Å². The zero-order valence-electron chi connectivity index (χ0n) is 13.4. The Bertz CT molecular complexity index is 513. The van der Waals surface area contributed by atoms with Crippen molar-refractivity contribution in [3.05, 3.63) is 35.9 Å². The highest BCUT2D eigenvalue weighted by molar-refractivity contribution is 5.75. The molecule has 1 aromatic carbocycles. The van der Waals surface area contributed by atoms with Crippen LogP contribution in [0.3, 0.4) is 0 Å². The van der Waals surface area contributed by atoms with Crippen molar-refractivity contribution in [1.29, 1.82) is 0 Å². The Labute approximate surface area is 136 Å². The lowest BCUT2D eigenvalue weighted by Gasteiger charge is -2.30. The summed E-state index contributed by atoms with van der Waals surface area (Å²) in [5, 5.41) is 11.9. The van der Waals surface area contributed by atoms with Gasteiger partial charge in [0.05, 0.1) is 12.0 Å². The van der Waals surface area contributed by atoms with Crippen LogP contribution in [0.2, 0.25) is 0 Å². The molecule has 1 aromatic rings. The fourth-order valence-corrected chi connectivity index (χ4v) is 2.76. The highest BCUT2D eigenvalue weighted by atomic mass is 16.5. The van der Waals surface area contributed by atoms with Crippen LogP contribution in [0.15, 0.2) is 30.3 Å². The van der Waals surface area contributed by atoms with Crippen molar-refractivity contribution >= 4 is 12.0 Å². The molecule has 0 aliphatic carbocycles. The number of urea groups is 1. The minimum atomic E-state index is -0.773. The van der Waals surface area contributed by atoms with Crippen LogP contribution < -0.4 is 5.32 Å². The maximum Gasteiger partial charge on any atom is 0.317 e. The second-order valence-electron chi connectivity index (χ2n) is 5.64. The number of nitrogens with one attached hydrogen (secondary N) is 1. The number of carboxylic acid groups (broad SMARTS) is 1. The predicted octanol–water partition coefficient (Wildman–Crippen LogP) is 2.27. The molecule has 1 saturated heterocycles. The number of nitrogens with zero attached hydrogens (tertiary/aromatic N) is 1. The number of carbonyl (C=O) groups is 2. The van der Waals surface area contributed by atoms with E-state index >= 15 is 0 Å². The van der Waals surface area contributed by atoms with Crippen LogP contribution in [-0.2, 0) is 9.53 Å². The fraction of sp³-hybridized carbons (Fsp3) is 0.529. The van der Waals surface area contributed by atoms with Gasteiger partial charge in [-0.25, -0.2) is 4.79 Å². The standard InChI is InChI=1S/C17H24N2O4/c1-2-23-15(13-6-4-3-5-7-13)12-18-17(22)19-10-8-14(9-11-19)16(20)21/h3-7,14-15H,2,8-12H2,1H3,(H,18,22)(H,20,21). The van der Waals surface area contributed by atoms with Crippen molar-refractivity contribution in [3.63, 3.8) is 0 Å². The number of piperidine rings is 1. The molecular weight excluding hydrogens is 296 g/mol. The van der Waals surface area contributed by atoms with Gasteiger partial charge in [0, 0.05) is 26.2 Å². The number of aliphatic carboxylic acids is 1. The molecule has 0 aromatic heterocycles. The minimum Gasteiger partial charge on any atom is -0.481 e. The van der Waals surface area contributed by atoms with Gasteiger partial charge in [-0.1, -0.05) is 30.3 Å². The highest BCUT2D eigenvalue weighted by Crippen LogP contribution is 2.18. The van der Waals surface area contributed by atoms with Crippen LogP contribution >= 0.6 is 0 Å². The molecule has 1 aliphatic rings. The van der Waals surface area contributed by atoms with Crippen LogP contribution in [0.1, 0.15) is 31.4 Å². The summed E-state index contributed by atoms with van der Waals surface area (Å²) in [6.07, 6.45) is 0.842. The molecule has 126 valence electrons. The molecule has 0 spiro atoms. The summed E-state index contributed by atoms with van der Waals surface area (Å²) in [5.74, 6) is -1.11. The number of hydrogen-bond acceptors (Lipinski definition) is 3.